The molecule has 0 aliphatic heterocycles. The molecular formula is C42H48N2O7. The van der Waals surface area contributed by atoms with Gasteiger partial charge in [-0.05, 0) is 80.8 Å². The van der Waals surface area contributed by atoms with Gasteiger partial charge in [0.15, 0.2) is 12.4 Å². The van der Waals surface area contributed by atoms with E-state index >= 15 is 0 Å². The molecule has 0 aliphatic carbocycles. The number of Topliss-reactive ketones (excluding diaryl/α,β-unsaturated/α-hetero) is 1. The van der Waals surface area contributed by atoms with E-state index in [9.17, 15) is 19.2 Å². The van der Waals surface area contributed by atoms with Gasteiger partial charge in [0.2, 0.25) is 0 Å². The monoisotopic (exact) mass is 692 g/mol. The molecule has 1 amide bonds. The number of hydrogen-bond acceptors (Lipinski definition) is 8. The van der Waals surface area contributed by atoms with E-state index in [0.29, 0.717) is 28.8 Å². The molecule has 9 heteroatoms. The molecule has 3 aromatic carbocycles. The summed E-state index contributed by atoms with van der Waals surface area (Å²) in [5, 5.41) is 2.92. The van der Waals surface area contributed by atoms with E-state index in [0.717, 1.165) is 27.9 Å². The number of benzene rings is 3. The lowest BCUT2D eigenvalue weighted by molar-refractivity contribution is -0.144. The summed E-state index contributed by atoms with van der Waals surface area (Å²) < 4.78 is 16.4. The molecule has 9 nitrogen and oxygen atoms in total. The van der Waals surface area contributed by atoms with Gasteiger partial charge in [-0.3, -0.25) is 14.6 Å². The van der Waals surface area contributed by atoms with E-state index in [1.165, 1.54) is 0 Å². The number of ketones is 1. The molecule has 0 saturated carbocycles. The van der Waals surface area contributed by atoms with Crippen LogP contribution in [0.2, 0.25) is 0 Å². The lowest BCUT2D eigenvalue weighted by Gasteiger charge is -2.25. The highest BCUT2D eigenvalue weighted by Gasteiger charge is 2.26. The van der Waals surface area contributed by atoms with Crippen LogP contribution in [0.25, 0.3) is 11.1 Å². The summed E-state index contributed by atoms with van der Waals surface area (Å²) in [5.74, 6) is -1.37. The van der Waals surface area contributed by atoms with Crippen LogP contribution in [-0.4, -0.2) is 41.0 Å². The van der Waals surface area contributed by atoms with Crippen LogP contribution < -0.4 is 5.32 Å². The normalized spacial score (nSPS) is 11.5. The number of aromatic nitrogens is 1. The third kappa shape index (κ3) is 11.6. The minimum absolute atomic E-state index is 0.0117. The van der Waals surface area contributed by atoms with Crippen molar-refractivity contribution in [2.24, 2.45) is 5.41 Å². The molecule has 4 aromatic rings. The average molecular weight is 693 g/mol. The van der Waals surface area contributed by atoms with Crippen molar-refractivity contribution in [3.63, 3.8) is 0 Å². The number of ether oxygens (including phenoxy) is 3. The minimum atomic E-state index is -0.662. The highest BCUT2D eigenvalue weighted by Crippen LogP contribution is 2.35. The first kappa shape index (κ1) is 38.5. The van der Waals surface area contributed by atoms with Gasteiger partial charge in [0.25, 0.3) is 0 Å². The van der Waals surface area contributed by atoms with E-state index in [1.54, 1.807) is 54.6 Å². The Balaban J connectivity index is 1.53. The second kappa shape index (κ2) is 16.6. The van der Waals surface area contributed by atoms with E-state index in [4.69, 9.17) is 19.2 Å². The molecule has 0 spiro atoms. The van der Waals surface area contributed by atoms with Crippen LogP contribution in [0.3, 0.4) is 0 Å². The predicted octanol–water partition coefficient (Wildman–Crippen LogP) is 8.30. The maximum atomic E-state index is 13.4. The summed E-state index contributed by atoms with van der Waals surface area (Å²) in [6.45, 7) is 15.5. The Morgan fingerprint density at radius 2 is 1.39 bits per heavy atom. The molecule has 0 aliphatic rings. The van der Waals surface area contributed by atoms with Crippen molar-refractivity contribution in [1.82, 2.24) is 10.3 Å². The number of nitrogens with zero attached hydrogens (tertiary/aromatic N) is 1. The smallest absolute Gasteiger partial charge is 0.407 e. The topological polar surface area (TPSA) is 121 Å². The van der Waals surface area contributed by atoms with Crippen LogP contribution in [0.4, 0.5) is 4.79 Å². The number of amides is 1. The summed E-state index contributed by atoms with van der Waals surface area (Å²) in [7, 11) is 0. The van der Waals surface area contributed by atoms with Crippen molar-refractivity contribution in [3.05, 3.63) is 124 Å². The fraction of sp³-hybridized carbons (Fsp3) is 0.357. The molecule has 0 atom stereocenters. The lowest BCUT2D eigenvalue weighted by Crippen LogP contribution is -2.33. The zero-order valence-corrected chi connectivity index (χ0v) is 30.8. The Morgan fingerprint density at radius 1 is 0.745 bits per heavy atom. The van der Waals surface area contributed by atoms with Crippen LogP contribution in [0.5, 0.6) is 0 Å². The Labute approximate surface area is 300 Å². The van der Waals surface area contributed by atoms with Gasteiger partial charge in [0.05, 0.1) is 12.0 Å². The number of aryl methyl sites for hydroxylation is 2. The van der Waals surface area contributed by atoms with Crippen molar-refractivity contribution in [2.75, 3.05) is 6.61 Å². The van der Waals surface area contributed by atoms with Crippen LogP contribution >= 0.6 is 0 Å². The molecule has 268 valence electrons. The standard InChI is InChI=1S/C42H48N2O7/c1-27-14-18-31(19-15-27)38-33(28(2)44-35(23-41(3,4)5)34(38)24-43-40(48)51-42(6,7)8)22-37(46)49-25-29-16-20-32(21-17-29)39(47)50-26-36(45)30-12-10-9-11-13-30/h9-21H,22-26H2,1-8H3,(H,43,48). The molecule has 1 aromatic heterocycles. The highest BCUT2D eigenvalue weighted by atomic mass is 16.6. The molecule has 1 heterocycles. The number of carbonyl (C=O) groups is 4. The molecule has 51 heavy (non-hydrogen) atoms. The maximum absolute atomic E-state index is 13.4. The summed E-state index contributed by atoms with van der Waals surface area (Å²) in [6, 6.07) is 23.2. The van der Waals surface area contributed by atoms with Crippen molar-refractivity contribution in [1.29, 1.82) is 0 Å². The first-order chi connectivity index (χ1) is 24.0. The van der Waals surface area contributed by atoms with E-state index < -0.39 is 23.6 Å². The maximum Gasteiger partial charge on any atom is 0.407 e. The van der Waals surface area contributed by atoms with Crippen LogP contribution in [0.1, 0.15) is 95.9 Å². The van der Waals surface area contributed by atoms with Gasteiger partial charge in [-0.1, -0.05) is 93.1 Å². The second-order valence-electron chi connectivity index (χ2n) is 14.8. The zero-order chi connectivity index (χ0) is 37.3. The number of nitrogens with one attached hydrogen (secondary N) is 1. The van der Waals surface area contributed by atoms with E-state index in [2.05, 4.69) is 26.1 Å². The molecule has 0 unspecified atom stereocenters. The Morgan fingerprint density at radius 3 is 2.00 bits per heavy atom. The lowest BCUT2D eigenvalue weighted by atomic mass is 9.84. The van der Waals surface area contributed by atoms with Crippen LogP contribution in [0.15, 0.2) is 78.9 Å². The summed E-state index contributed by atoms with van der Waals surface area (Å²) in [5.41, 5.74) is 6.57. The summed E-state index contributed by atoms with van der Waals surface area (Å²) in [6.07, 6.45) is 0.0628. The fourth-order valence-electron chi connectivity index (χ4n) is 5.46. The van der Waals surface area contributed by atoms with Gasteiger partial charge >= 0.3 is 18.0 Å². The Bertz CT molecular complexity index is 1850. The van der Waals surface area contributed by atoms with Crippen LogP contribution in [0, 0.1) is 19.3 Å². The number of esters is 2. The predicted molar refractivity (Wildman–Crippen MR) is 196 cm³/mol. The fourth-order valence-corrected chi connectivity index (χ4v) is 5.46. The van der Waals surface area contributed by atoms with E-state index in [1.807, 2.05) is 58.9 Å². The third-order valence-electron chi connectivity index (χ3n) is 7.88. The van der Waals surface area contributed by atoms with E-state index in [-0.39, 0.29) is 42.9 Å². The number of pyridine rings is 1. The average Bonchev–Trinajstić information content (AvgIpc) is 3.06. The molecule has 0 saturated heterocycles. The molecule has 0 fully saturated rings. The SMILES string of the molecule is Cc1ccc(-c2c(CC(=O)OCc3ccc(C(=O)OCC(=O)c4ccccc4)cc3)c(C)nc(CC(C)(C)C)c2CNC(=O)OC(C)(C)C)cc1. The van der Waals surface area contributed by atoms with Gasteiger partial charge in [-0.2, -0.15) is 0 Å². The van der Waals surface area contributed by atoms with Crippen molar-refractivity contribution >= 4 is 23.8 Å². The summed E-state index contributed by atoms with van der Waals surface area (Å²) >= 11 is 0. The van der Waals surface area contributed by atoms with Gasteiger partial charge in [-0.25, -0.2) is 9.59 Å². The third-order valence-corrected chi connectivity index (χ3v) is 7.88. The summed E-state index contributed by atoms with van der Waals surface area (Å²) in [4.78, 5) is 56.0. The number of rotatable bonds is 12. The first-order valence-electron chi connectivity index (χ1n) is 17.0. The van der Waals surface area contributed by atoms with Gasteiger partial charge in [-0.15, -0.1) is 0 Å². The molecular weight excluding hydrogens is 644 g/mol. The molecule has 4 rings (SSSR count). The minimum Gasteiger partial charge on any atom is -0.461 e. The molecule has 0 radical (unpaired) electrons. The van der Waals surface area contributed by atoms with Crippen molar-refractivity contribution in [2.45, 2.75) is 87.0 Å². The number of hydrogen-bond donors (Lipinski definition) is 1. The Kier molecular flexibility index (Phi) is 12.5. The Hall–Kier alpha value is -5.31. The van der Waals surface area contributed by atoms with Crippen molar-refractivity contribution in [3.8, 4) is 11.1 Å². The molecule has 0 bridgehead atoms. The number of alkyl carbamates (subject to hydrolysis) is 1. The van der Waals surface area contributed by atoms with Gasteiger partial charge in [0, 0.05) is 29.1 Å². The van der Waals surface area contributed by atoms with Gasteiger partial charge < -0.3 is 19.5 Å². The zero-order valence-electron chi connectivity index (χ0n) is 30.8. The number of carbonyl (C=O) groups excluding carboxylic acids is 4. The largest absolute Gasteiger partial charge is 0.461 e. The first-order valence-corrected chi connectivity index (χ1v) is 17.0. The second-order valence-corrected chi connectivity index (χ2v) is 14.8. The van der Waals surface area contributed by atoms with Crippen LogP contribution in [-0.2, 0) is 45.0 Å². The highest BCUT2D eigenvalue weighted by molar-refractivity contribution is 5.99. The quantitative estimate of drug-likeness (QED) is 0.0895. The molecule has 1 N–H and O–H groups in total. The van der Waals surface area contributed by atoms with Crippen molar-refractivity contribution < 1.29 is 33.4 Å². The van der Waals surface area contributed by atoms with Gasteiger partial charge in [0.1, 0.15) is 12.2 Å².